The minimum absolute atomic E-state index is 0.274. The van der Waals surface area contributed by atoms with E-state index in [1.165, 1.54) is 0 Å². The van der Waals surface area contributed by atoms with Gasteiger partial charge in [0.25, 0.3) is 0 Å². The Balaban J connectivity index is 3.32. The lowest BCUT2D eigenvalue weighted by molar-refractivity contribution is -0.135. The van der Waals surface area contributed by atoms with Crippen LogP contribution in [0.25, 0.3) is 0 Å². The fourth-order valence-corrected chi connectivity index (χ4v) is 0.164. The Morgan fingerprint density at radius 2 is 2.57 bits per heavy atom. The molecule has 0 aromatic rings. The predicted octanol–water partition coefficient (Wildman–Crippen LogP) is 0.174. The topological polar surface area (TPSA) is 49.7 Å². The number of nitrogens with zero attached hydrogens (tertiary/aromatic N) is 1. The lowest BCUT2D eigenvalue weighted by atomic mass is 10.7. The van der Waals surface area contributed by atoms with Crippen LogP contribution in [0.15, 0.2) is 4.99 Å². The molecule has 0 heterocycles. The summed E-state index contributed by atoms with van der Waals surface area (Å²) in [6, 6.07) is 0. The van der Waals surface area contributed by atoms with Gasteiger partial charge < -0.3 is 5.11 Å². The van der Waals surface area contributed by atoms with Crippen molar-refractivity contribution in [2.45, 2.75) is 0 Å². The number of isothiocyanates is 1. The summed E-state index contributed by atoms with van der Waals surface area (Å²) in [6.45, 7) is -0.274. The predicted molar refractivity (Wildman–Crippen MR) is 27.5 cm³/mol. The molecule has 0 saturated carbocycles. The number of thiocarbonyl (C=S) groups is 1. The molecule has 1 N–H and O–H groups in total. The zero-order valence-corrected chi connectivity index (χ0v) is 4.23. The van der Waals surface area contributed by atoms with Crippen LogP contribution >= 0.6 is 12.2 Å². The van der Waals surface area contributed by atoms with Crippen LogP contribution in [0.2, 0.25) is 0 Å². The molecular weight excluding hydrogens is 114 g/mol. The SMILES string of the molecule is O=C(O)CN=C=S. The fourth-order valence-electron chi connectivity index (χ4n) is 0.0999. The van der Waals surface area contributed by atoms with Gasteiger partial charge in [0.15, 0.2) is 0 Å². The van der Waals surface area contributed by atoms with Gasteiger partial charge in [-0.05, 0) is 12.2 Å². The van der Waals surface area contributed by atoms with E-state index < -0.39 is 5.97 Å². The third-order valence-corrected chi connectivity index (χ3v) is 0.408. The van der Waals surface area contributed by atoms with Crippen molar-refractivity contribution in [1.82, 2.24) is 0 Å². The van der Waals surface area contributed by atoms with E-state index in [2.05, 4.69) is 17.2 Å². The summed E-state index contributed by atoms with van der Waals surface area (Å²) in [4.78, 5) is 12.7. The summed E-state index contributed by atoms with van der Waals surface area (Å²) >= 11 is 4.09. The van der Waals surface area contributed by atoms with Crippen LogP contribution in [-0.2, 0) is 4.79 Å². The highest BCUT2D eigenvalue weighted by atomic mass is 32.1. The molecule has 4 heteroatoms. The summed E-state index contributed by atoms with van der Waals surface area (Å²) in [5.41, 5.74) is 0. The van der Waals surface area contributed by atoms with E-state index in [0.717, 1.165) is 0 Å². The minimum atomic E-state index is -0.989. The molecule has 0 rings (SSSR count). The quantitative estimate of drug-likeness (QED) is 0.414. The van der Waals surface area contributed by atoms with Crippen LogP contribution in [0, 0.1) is 0 Å². The van der Waals surface area contributed by atoms with Crippen LogP contribution in [0.4, 0.5) is 0 Å². The van der Waals surface area contributed by atoms with Gasteiger partial charge in [0.05, 0.1) is 5.16 Å². The van der Waals surface area contributed by atoms with Crippen molar-refractivity contribution in [3.63, 3.8) is 0 Å². The molecule has 0 bridgehead atoms. The first-order valence-corrected chi connectivity index (χ1v) is 1.93. The average molecular weight is 117 g/mol. The molecule has 0 aliphatic heterocycles. The Morgan fingerprint density at radius 3 is 2.71 bits per heavy atom. The maximum Gasteiger partial charge on any atom is 0.326 e. The molecule has 0 aliphatic rings. The number of carboxylic acid groups (broad SMARTS) is 1. The molecule has 0 atom stereocenters. The molecule has 0 unspecified atom stereocenters. The molecule has 0 aromatic heterocycles. The zero-order valence-electron chi connectivity index (χ0n) is 3.42. The van der Waals surface area contributed by atoms with Crippen LogP contribution in [-0.4, -0.2) is 22.8 Å². The van der Waals surface area contributed by atoms with Crippen molar-refractivity contribution in [3.8, 4) is 0 Å². The maximum absolute atomic E-state index is 9.58. The number of carbonyl (C=O) groups is 1. The molecule has 3 nitrogen and oxygen atoms in total. The van der Waals surface area contributed by atoms with Crippen molar-refractivity contribution < 1.29 is 9.90 Å². The van der Waals surface area contributed by atoms with Gasteiger partial charge in [-0.1, -0.05) is 0 Å². The number of carboxylic acids is 1. The summed E-state index contributed by atoms with van der Waals surface area (Å²) in [5, 5.41) is 9.79. The van der Waals surface area contributed by atoms with Gasteiger partial charge in [-0.25, -0.2) is 4.99 Å². The van der Waals surface area contributed by atoms with Crippen LogP contribution < -0.4 is 0 Å². The van der Waals surface area contributed by atoms with Gasteiger partial charge >= 0.3 is 5.97 Å². The van der Waals surface area contributed by atoms with E-state index >= 15 is 0 Å². The van der Waals surface area contributed by atoms with Gasteiger partial charge in [0.2, 0.25) is 0 Å². The second-order valence-electron chi connectivity index (χ2n) is 0.801. The molecule has 0 aliphatic carbocycles. The second kappa shape index (κ2) is 3.46. The number of hydrogen-bond donors (Lipinski definition) is 1. The smallest absolute Gasteiger partial charge is 0.326 e. The minimum Gasteiger partial charge on any atom is -0.480 e. The number of aliphatic carboxylic acids is 1. The first-order valence-electron chi connectivity index (χ1n) is 1.53. The van der Waals surface area contributed by atoms with E-state index in [-0.39, 0.29) is 6.54 Å². The van der Waals surface area contributed by atoms with Crippen molar-refractivity contribution in [3.05, 3.63) is 0 Å². The summed E-state index contributed by atoms with van der Waals surface area (Å²) < 4.78 is 0. The zero-order chi connectivity index (χ0) is 5.70. The van der Waals surface area contributed by atoms with Gasteiger partial charge in [-0.3, -0.25) is 4.79 Å². The highest BCUT2D eigenvalue weighted by Gasteiger charge is 1.86. The molecule has 0 spiro atoms. The van der Waals surface area contributed by atoms with Crippen molar-refractivity contribution in [2.75, 3.05) is 6.54 Å². The highest BCUT2D eigenvalue weighted by molar-refractivity contribution is 7.78. The van der Waals surface area contributed by atoms with Crippen molar-refractivity contribution >= 4 is 23.3 Å². The molecule has 7 heavy (non-hydrogen) atoms. The first-order chi connectivity index (χ1) is 3.27. The molecule has 0 fully saturated rings. The van der Waals surface area contributed by atoms with E-state index in [1.54, 1.807) is 0 Å². The van der Waals surface area contributed by atoms with Gasteiger partial charge in [-0.2, -0.15) is 0 Å². The van der Waals surface area contributed by atoms with Gasteiger partial charge in [-0.15, -0.1) is 0 Å². The molecule has 0 radical (unpaired) electrons. The number of hydrogen-bond acceptors (Lipinski definition) is 3. The monoisotopic (exact) mass is 117 g/mol. The average Bonchev–Trinajstić information content (AvgIpc) is 1.61. The summed E-state index contributed by atoms with van der Waals surface area (Å²) in [6.07, 6.45) is 0. The van der Waals surface area contributed by atoms with Crippen LogP contribution in [0.3, 0.4) is 0 Å². The summed E-state index contributed by atoms with van der Waals surface area (Å²) in [5.74, 6) is -0.989. The van der Waals surface area contributed by atoms with E-state index in [1.807, 2.05) is 5.16 Å². The lowest BCUT2D eigenvalue weighted by Crippen LogP contribution is -1.97. The van der Waals surface area contributed by atoms with Crippen molar-refractivity contribution in [2.24, 2.45) is 4.99 Å². The van der Waals surface area contributed by atoms with E-state index in [9.17, 15) is 4.79 Å². The lowest BCUT2D eigenvalue weighted by Gasteiger charge is -1.74. The molecule has 0 aromatic carbocycles. The summed E-state index contributed by atoms with van der Waals surface area (Å²) in [7, 11) is 0. The Bertz CT molecular complexity index is 116. The number of rotatable bonds is 2. The third-order valence-electron chi connectivity index (χ3n) is 0.279. The maximum atomic E-state index is 9.58. The molecule has 38 valence electrons. The van der Waals surface area contributed by atoms with Gasteiger partial charge in [0, 0.05) is 0 Å². The highest BCUT2D eigenvalue weighted by Crippen LogP contribution is 1.63. The van der Waals surface area contributed by atoms with Crippen molar-refractivity contribution in [1.29, 1.82) is 0 Å². The van der Waals surface area contributed by atoms with Crippen LogP contribution in [0.1, 0.15) is 0 Å². The van der Waals surface area contributed by atoms with E-state index in [0.29, 0.717) is 0 Å². The standard InChI is InChI=1S/C3H3NO2S/c5-3(6)1-4-2-7/h1H2,(H,5,6). The molecule has 0 saturated heterocycles. The normalized spacial score (nSPS) is 6.86. The Kier molecular flexibility index (Phi) is 3.10. The first kappa shape index (κ1) is 6.27. The van der Waals surface area contributed by atoms with E-state index in [4.69, 9.17) is 5.11 Å². The number of aliphatic imine (C=N–C) groups is 1. The Hall–Kier alpha value is -0.730. The third kappa shape index (κ3) is 5.27. The molecular formula is C3H3NO2S. The fraction of sp³-hybridized carbons (Fsp3) is 0.333. The Labute approximate surface area is 45.7 Å². The largest absolute Gasteiger partial charge is 0.480 e. The Morgan fingerprint density at radius 1 is 2.00 bits per heavy atom. The molecule has 0 amide bonds. The van der Waals surface area contributed by atoms with Gasteiger partial charge in [0.1, 0.15) is 6.54 Å². The second-order valence-corrected chi connectivity index (χ2v) is 0.984. The van der Waals surface area contributed by atoms with Crippen LogP contribution in [0.5, 0.6) is 0 Å².